The average molecular weight is 446 g/mol. The second kappa shape index (κ2) is 9.72. The van der Waals surface area contributed by atoms with E-state index >= 15 is 0 Å². The van der Waals surface area contributed by atoms with Crippen molar-refractivity contribution in [2.45, 2.75) is 45.1 Å². The van der Waals surface area contributed by atoms with Crippen LogP contribution in [0, 0.1) is 11.3 Å². The second-order valence-corrected chi connectivity index (χ2v) is 9.01. The molecule has 172 valence electrons. The van der Waals surface area contributed by atoms with Crippen molar-refractivity contribution in [2.24, 2.45) is 0 Å². The van der Waals surface area contributed by atoms with Gasteiger partial charge in [0.05, 0.1) is 30.0 Å². The third-order valence-electron chi connectivity index (χ3n) is 6.39. The van der Waals surface area contributed by atoms with Gasteiger partial charge in [-0.25, -0.2) is 4.98 Å². The SMILES string of the molecule is C=C(C)c1cc(-c2cc(C#N)c(N3CCN(C(=O)CCOC)C(C)C3)nc2C2CC2)ccn1. The summed E-state index contributed by atoms with van der Waals surface area (Å²) in [6.07, 6.45) is 4.41. The normalized spacial score (nSPS) is 18.2. The van der Waals surface area contributed by atoms with E-state index in [4.69, 9.17) is 9.72 Å². The second-order valence-electron chi connectivity index (χ2n) is 9.01. The number of nitriles is 1. The minimum Gasteiger partial charge on any atom is -0.384 e. The van der Waals surface area contributed by atoms with E-state index in [-0.39, 0.29) is 11.9 Å². The molecule has 1 unspecified atom stereocenters. The molecule has 0 aromatic carbocycles. The van der Waals surface area contributed by atoms with Crippen LogP contribution in [0.2, 0.25) is 0 Å². The number of pyridine rings is 2. The zero-order chi connectivity index (χ0) is 23.5. The quantitative estimate of drug-likeness (QED) is 0.641. The molecule has 0 radical (unpaired) electrons. The van der Waals surface area contributed by atoms with E-state index in [0.29, 0.717) is 44.1 Å². The lowest BCUT2D eigenvalue weighted by Crippen LogP contribution is -2.54. The third kappa shape index (κ3) is 4.91. The maximum atomic E-state index is 12.5. The highest BCUT2D eigenvalue weighted by molar-refractivity contribution is 5.77. The van der Waals surface area contributed by atoms with Crippen LogP contribution in [0.25, 0.3) is 16.7 Å². The highest BCUT2D eigenvalue weighted by Crippen LogP contribution is 2.45. The molecule has 1 aliphatic heterocycles. The van der Waals surface area contributed by atoms with E-state index < -0.39 is 0 Å². The Balaban J connectivity index is 1.65. The topological polar surface area (TPSA) is 82.4 Å². The number of methoxy groups -OCH3 is 1. The van der Waals surface area contributed by atoms with Crippen LogP contribution >= 0.6 is 0 Å². The Labute approximate surface area is 195 Å². The zero-order valence-corrected chi connectivity index (χ0v) is 19.7. The van der Waals surface area contributed by atoms with Crippen LogP contribution in [-0.4, -0.2) is 60.2 Å². The Morgan fingerprint density at radius 2 is 2.12 bits per heavy atom. The van der Waals surface area contributed by atoms with Gasteiger partial charge in [-0.15, -0.1) is 0 Å². The lowest BCUT2D eigenvalue weighted by Gasteiger charge is -2.41. The predicted octanol–water partition coefficient (Wildman–Crippen LogP) is 4.00. The number of allylic oxidation sites excluding steroid dienone is 1. The molecule has 7 heteroatoms. The summed E-state index contributed by atoms with van der Waals surface area (Å²) in [6.45, 7) is 10.4. The lowest BCUT2D eigenvalue weighted by molar-refractivity contribution is -0.134. The number of piperazine rings is 1. The average Bonchev–Trinajstić information content (AvgIpc) is 3.67. The van der Waals surface area contributed by atoms with E-state index in [9.17, 15) is 10.1 Å². The molecule has 33 heavy (non-hydrogen) atoms. The molecule has 2 aliphatic rings. The fourth-order valence-electron chi connectivity index (χ4n) is 4.42. The minimum atomic E-state index is 0.0406. The van der Waals surface area contributed by atoms with Gasteiger partial charge in [0.1, 0.15) is 11.9 Å². The van der Waals surface area contributed by atoms with E-state index in [1.807, 2.05) is 30.0 Å². The van der Waals surface area contributed by atoms with Gasteiger partial charge in [0, 0.05) is 50.5 Å². The summed E-state index contributed by atoms with van der Waals surface area (Å²) in [5, 5.41) is 9.99. The Hall–Kier alpha value is -3.24. The van der Waals surface area contributed by atoms with Crippen LogP contribution in [0.3, 0.4) is 0 Å². The van der Waals surface area contributed by atoms with Gasteiger partial charge in [-0.2, -0.15) is 5.26 Å². The minimum absolute atomic E-state index is 0.0406. The number of amides is 1. The monoisotopic (exact) mass is 445 g/mol. The number of carbonyl (C=O) groups is 1. The Bertz CT molecular complexity index is 1100. The molecule has 4 rings (SSSR count). The molecule has 3 heterocycles. The van der Waals surface area contributed by atoms with Crippen molar-refractivity contribution >= 4 is 17.3 Å². The molecule has 7 nitrogen and oxygen atoms in total. The molecule has 2 aromatic heterocycles. The first-order valence-corrected chi connectivity index (χ1v) is 11.5. The molecule has 1 atom stereocenters. The molecule has 0 bridgehead atoms. The number of rotatable bonds is 7. The highest BCUT2D eigenvalue weighted by atomic mass is 16.5. The number of aromatic nitrogens is 2. The number of carbonyl (C=O) groups excluding carboxylic acids is 1. The largest absolute Gasteiger partial charge is 0.384 e. The Morgan fingerprint density at radius 1 is 1.33 bits per heavy atom. The number of anilines is 1. The van der Waals surface area contributed by atoms with Gasteiger partial charge in [-0.1, -0.05) is 6.58 Å². The van der Waals surface area contributed by atoms with Gasteiger partial charge in [0.2, 0.25) is 5.91 Å². The van der Waals surface area contributed by atoms with Crippen molar-refractivity contribution in [3.8, 4) is 17.2 Å². The molecule has 1 amide bonds. The van der Waals surface area contributed by atoms with Crippen molar-refractivity contribution in [1.82, 2.24) is 14.9 Å². The molecule has 1 saturated heterocycles. The summed E-state index contributed by atoms with van der Waals surface area (Å²) < 4.78 is 5.06. The van der Waals surface area contributed by atoms with Crippen LogP contribution in [0.5, 0.6) is 0 Å². The van der Waals surface area contributed by atoms with Crippen molar-refractivity contribution in [3.63, 3.8) is 0 Å². The van der Waals surface area contributed by atoms with E-state index in [2.05, 4.69) is 29.5 Å². The van der Waals surface area contributed by atoms with Gasteiger partial charge < -0.3 is 14.5 Å². The Morgan fingerprint density at radius 3 is 2.76 bits per heavy atom. The van der Waals surface area contributed by atoms with Crippen LogP contribution < -0.4 is 4.90 Å². The fourth-order valence-corrected chi connectivity index (χ4v) is 4.42. The van der Waals surface area contributed by atoms with Crippen LogP contribution in [0.4, 0.5) is 5.82 Å². The van der Waals surface area contributed by atoms with Crippen LogP contribution in [0.1, 0.15) is 56.0 Å². The summed E-state index contributed by atoms with van der Waals surface area (Å²) in [5.41, 5.74) is 5.39. The number of hydrogen-bond acceptors (Lipinski definition) is 6. The first-order valence-electron chi connectivity index (χ1n) is 11.5. The van der Waals surface area contributed by atoms with Crippen molar-refractivity contribution < 1.29 is 9.53 Å². The van der Waals surface area contributed by atoms with E-state index in [0.717, 1.165) is 46.7 Å². The molecular weight excluding hydrogens is 414 g/mol. The van der Waals surface area contributed by atoms with Crippen molar-refractivity contribution in [3.05, 3.63) is 47.9 Å². The van der Waals surface area contributed by atoms with Gasteiger partial charge in [0.15, 0.2) is 0 Å². The summed E-state index contributed by atoms with van der Waals surface area (Å²) in [5.74, 6) is 1.26. The van der Waals surface area contributed by atoms with Gasteiger partial charge in [-0.05, 0) is 56.0 Å². The summed E-state index contributed by atoms with van der Waals surface area (Å²) in [6, 6.07) is 8.39. The standard InChI is InChI=1S/C26H31N5O2/c1-17(2)23-14-20(7-9-28-23)22-13-21(15-27)26(29-25(22)19-5-6-19)30-10-11-31(18(3)16-30)24(32)8-12-33-4/h7,9,13-14,18-19H,1,5-6,8,10-12,16H2,2-4H3. The first kappa shape index (κ1) is 22.9. The number of nitrogens with zero attached hydrogens (tertiary/aromatic N) is 5. The maximum absolute atomic E-state index is 12.5. The lowest BCUT2D eigenvalue weighted by atomic mass is 9.98. The number of ether oxygens (including phenoxy) is 1. The van der Waals surface area contributed by atoms with E-state index in [1.54, 1.807) is 13.3 Å². The molecule has 0 spiro atoms. The zero-order valence-electron chi connectivity index (χ0n) is 19.7. The predicted molar refractivity (Wildman–Crippen MR) is 129 cm³/mol. The van der Waals surface area contributed by atoms with Gasteiger partial charge in [0.25, 0.3) is 0 Å². The molecule has 2 aromatic rings. The highest BCUT2D eigenvalue weighted by Gasteiger charge is 2.33. The number of hydrogen-bond donors (Lipinski definition) is 0. The summed E-state index contributed by atoms with van der Waals surface area (Å²) in [4.78, 5) is 26.1. The molecule has 0 N–H and O–H groups in total. The molecule has 1 aliphatic carbocycles. The Kier molecular flexibility index (Phi) is 6.75. The van der Waals surface area contributed by atoms with Crippen LogP contribution in [0.15, 0.2) is 31.0 Å². The molecule has 1 saturated carbocycles. The van der Waals surface area contributed by atoms with Gasteiger partial charge in [-0.3, -0.25) is 9.78 Å². The summed E-state index contributed by atoms with van der Waals surface area (Å²) >= 11 is 0. The van der Waals surface area contributed by atoms with Crippen LogP contribution in [-0.2, 0) is 9.53 Å². The van der Waals surface area contributed by atoms with E-state index in [1.165, 1.54) is 0 Å². The smallest absolute Gasteiger partial charge is 0.225 e. The molecule has 2 fully saturated rings. The van der Waals surface area contributed by atoms with Crippen molar-refractivity contribution in [1.29, 1.82) is 5.26 Å². The molecular formula is C26H31N5O2. The fraction of sp³-hybridized carbons (Fsp3) is 0.462. The van der Waals surface area contributed by atoms with Crippen molar-refractivity contribution in [2.75, 3.05) is 38.3 Å². The third-order valence-corrected chi connectivity index (χ3v) is 6.39. The van der Waals surface area contributed by atoms with Gasteiger partial charge >= 0.3 is 0 Å². The first-order chi connectivity index (χ1) is 15.9. The maximum Gasteiger partial charge on any atom is 0.225 e. The summed E-state index contributed by atoms with van der Waals surface area (Å²) in [7, 11) is 1.61.